The van der Waals surface area contributed by atoms with Crippen molar-refractivity contribution in [3.63, 3.8) is 0 Å². The van der Waals surface area contributed by atoms with Crippen molar-refractivity contribution in [3.8, 4) is 0 Å². The minimum absolute atomic E-state index is 0.0862. The fourth-order valence-electron chi connectivity index (χ4n) is 2.76. The molecular formula is C15H22FNO2. The predicted molar refractivity (Wildman–Crippen MR) is 72.3 cm³/mol. The number of β-amino-alcohol motifs (C(OH)–C–C–N with tert-alkyl or cyclic N) is 1. The van der Waals surface area contributed by atoms with Gasteiger partial charge in [0.15, 0.2) is 0 Å². The van der Waals surface area contributed by atoms with E-state index in [2.05, 4.69) is 5.32 Å². The molecule has 0 radical (unpaired) electrons. The Balaban J connectivity index is 1.93. The standard InChI is InChI=1S/C15H22FNO2/c16-13-6-4-5-12(9-13)14(19)10-17-15(11-18)7-2-1-3-8-15/h4-6,9,14,17-19H,1-3,7-8,10-11H2. The van der Waals surface area contributed by atoms with E-state index in [-0.39, 0.29) is 18.0 Å². The molecule has 0 spiro atoms. The Labute approximate surface area is 113 Å². The molecule has 3 nitrogen and oxygen atoms in total. The Kier molecular flexibility index (Phi) is 4.91. The van der Waals surface area contributed by atoms with Crippen LogP contribution in [0.1, 0.15) is 43.8 Å². The summed E-state index contributed by atoms with van der Waals surface area (Å²) >= 11 is 0. The van der Waals surface area contributed by atoms with E-state index in [9.17, 15) is 14.6 Å². The molecule has 0 bridgehead atoms. The fraction of sp³-hybridized carbons (Fsp3) is 0.600. The molecule has 0 amide bonds. The van der Waals surface area contributed by atoms with Crippen molar-refractivity contribution in [1.82, 2.24) is 5.32 Å². The summed E-state index contributed by atoms with van der Waals surface area (Å²) in [5, 5.41) is 22.9. The lowest BCUT2D eigenvalue weighted by atomic mass is 9.82. The highest BCUT2D eigenvalue weighted by Crippen LogP contribution is 2.28. The van der Waals surface area contributed by atoms with Gasteiger partial charge in [0.25, 0.3) is 0 Å². The Morgan fingerprint density at radius 1 is 1.26 bits per heavy atom. The first-order chi connectivity index (χ1) is 9.15. The van der Waals surface area contributed by atoms with Crippen LogP contribution in [0.25, 0.3) is 0 Å². The van der Waals surface area contributed by atoms with Crippen LogP contribution in [0.5, 0.6) is 0 Å². The third-order valence-electron chi connectivity index (χ3n) is 4.02. The number of aliphatic hydroxyl groups excluding tert-OH is 2. The summed E-state index contributed by atoms with van der Waals surface area (Å²) in [6.45, 7) is 0.423. The number of hydrogen-bond donors (Lipinski definition) is 3. The third kappa shape index (κ3) is 3.75. The highest BCUT2D eigenvalue weighted by Gasteiger charge is 2.31. The van der Waals surface area contributed by atoms with Crippen molar-refractivity contribution in [2.24, 2.45) is 0 Å². The maximum atomic E-state index is 13.1. The average molecular weight is 267 g/mol. The zero-order valence-electron chi connectivity index (χ0n) is 11.1. The van der Waals surface area contributed by atoms with Gasteiger partial charge >= 0.3 is 0 Å². The highest BCUT2D eigenvalue weighted by molar-refractivity contribution is 5.19. The summed E-state index contributed by atoms with van der Waals surface area (Å²) in [6, 6.07) is 6.01. The van der Waals surface area contributed by atoms with E-state index >= 15 is 0 Å². The lowest BCUT2D eigenvalue weighted by molar-refractivity contribution is 0.0943. The van der Waals surface area contributed by atoms with Crippen LogP contribution in [-0.4, -0.2) is 28.9 Å². The number of halogens is 1. The monoisotopic (exact) mass is 267 g/mol. The number of benzene rings is 1. The van der Waals surface area contributed by atoms with E-state index in [0.717, 1.165) is 25.7 Å². The van der Waals surface area contributed by atoms with E-state index in [1.165, 1.54) is 18.6 Å². The van der Waals surface area contributed by atoms with Crippen molar-refractivity contribution in [1.29, 1.82) is 0 Å². The van der Waals surface area contributed by atoms with Crippen LogP contribution in [0, 0.1) is 5.82 Å². The quantitative estimate of drug-likeness (QED) is 0.766. The van der Waals surface area contributed by atoms with Crippen LogP contribution < -0.4 is 5.32 Å². The molecule has 0 saturated heterocycles. The molecule has 1 aliphatic carbocycles. The predicted octanol–water partition coefficient (Wildman–Crippen LogP) is 2.14. The smallest absolute Gasteiger partial charge is 0.123 e. The maximum Gasteiger partial charge on any atom is 0.123 e. The third-order valence-corrected chi connectivity index (χ3v) is 4.02. The lowest BCUT2D eigenvalue weighted by Gasteiger charge is -2.37. The van der Waals surface area contributed by atoms with Gasteiger partial charge in [-0.15, -0.1) is 0 Å². The van der Waals surface area contributed by atoms with Crippen LogP contribution in [0.2, 0.25) is 0 Å². The summed E-state index contributed by atoms with van der Waals surface area (Å²) in [5.74, 6) is -0.342. The van der Waals surface area contributed by atoms with Crippen molar-refractivity contribution in [2.75, 3.05) is 13.2 Å². The van der Waals surface area contributed by atoms with Gasteiger partial charge in [0, 0.05) is 12.1 Å². The van der Waals surface area contributed by atoms with Gasteiger partial charge in [0.05, 0.1) is 12.7 Å². The van der Waals surface area contributed by atoms with Gasteiger partial charge in [0.1, 0.15) is 5.82 Å². The molecule has 1 unspecified atom stereocenters. The Morgan fingerprint density at radius 2 is 2.00 bits per heavy atom. The van der Waals surface area contributed by atoms with Gasteiger partial charge in [-0.05, 0) is 30.5 Å². The lowest BCUT2D eigenvalue weighted by Crippen LogP contribution is -2.51. The molecule has 0 aromatic heterocycles. The van der Waals surface area contributed by atoms with E-state index in [1.807, 2.05) is 0 Å². The molecule has 1 atom stereocenters. The van der Waals surface area contributed by atoms with Gasteiger partial charge < -0.3 is 15.5 Å². The van der Waals surface area contributed by atoms with Crippen molar-refractivity contribution in [3.05, 3.63) is 35.6 Å². The van der Waals surface area contributed by atoms with Crippen molar-refractivity contribution >= 4 is 0 Å². The van der Waals surface area contributed by atoms with Crippen LogP contribution in [-0.2, 0) is 0 Å². The normalized spacial score (nSPS) is 20.2. The molecule has 1 aliphatic rings. The highest BCUT2D eigenvalue weighted by atomic mass is 19.1. The molecule has 3 N–H and O–H groups in total. The summed E-state index contributed by atoms with van der Waals surface area (Å²) in [4.78, 5) is 0. The second kappa shape index (κ2) is 6.46. The number of rotatable bonds is 5. The molecule has 1 aromatic rings. The van der Waals surface area contributed by atoms with Crippen LogP contribution in [0.15, 0.2) is 24.3 Å². The molecule has 0 heterocycles. The summed E-state index contributed by atoms with van der Waals surface area (Å²) in [6.07, 6.45) is 4.52. The maximum absolute atomic E-state index is 13.1. The summed E-state index contributed by atoms with van der Waals surface area (Å²) in [7, 11) is 0. The van der Waals surface area contributed by atoms with Crippen LogP contribution in [0.4, 0.5) is 4.39 Å². The summed E-state index contributed by atoms with van der Waals surface area (Å²) in [5.41, 5.74) is 0.295. The zero-order valence-corrected chi connectivity index (χ0v) is 11.1. The molecule has 2 rings (SSSR count). The van der Waals surface area contributed by atoms with Gasteiger partial charge in [-0.2, -0.15) is 0 Å². The Morgan fingerprint density at radius 3 is 2.63 bits per heavy atom. The van der Waals surface area contributed by atoms with E-state index < -0.39 is 6.10 Å². The molecule has 1 saturated carbocycles. The molecule has 106 valence electrons. The minimum Gasteiger partial charge on any atom is -0.394 e. The molecule has 19 heavy (non-hydrogen) atoms. The number of nitrogens with one attached hydrogen (secondary N) is 1. The summed E-state index contributed by atoms with van der Waals surface area (Å²) < 4.78 is 13.1. The Bertz CT molecular complexity index is 405. The SMILES string of the molecule is OCC1(NCC(O)c2cccc(F)c2)CCCCC1. The first-order valence-electron chi connectivity index (χ1n) is 6.95. The topological polar surface area (TPSA) is 52.5 Å². The Hall–Kier alpha value is -0.970. The van der Waals surface area contributed by atoms with E-state index in [0.29, 0.717) is 12.1 Å². The molecule has 0 aliphatic heterocycles. The van der Waals surface area contributed by atoms with Gasteiger partial charge in [-0.3, -0.25) is 0 Å². The first-order valence-corrected chi connectivity index (χ1v) is 6.95. The van der Waals surface area contributed by atoms with Crippen LogP contribution >= 0.6 is 0 Å². The zero-order chi connectivity index (χ0) is 13.7. The second-order valence-electron chi connectivity index (χ2n) is 5.45. The average Bonchev–Trinajstić information content (AvgIpc) is 2.46. The first kappa shape index (κ1) is 14.4. The second-order valence-corrected chi connectivity index (χ2v) is 5.45. The molecular weight excluding hydrogens is 245 g/mol. The molecule has 1 fully saturated rings. The number of aliphatic hydroxyl groups is 2. The minimum atomic E-state index is -0.749. The fourth-order valence-corrected chi connectivity index (χ4v) is 2.76. The van der Waals surface area contributed by atoms with Gasteiger partial charge in [-0.1, -0.05) is 31.4 Å². The van der Waals surface area contributed by atoms with Crippen molar-refractivity contribution in [2.45, 2.75) is 43.7 Å². The van der Waals surface area contributed by atoms with Crippen LogP contribution in [0.3, 0.4) is 0 Å². The largest absolute Gasteiger partial charge is 0.394 e. The molecule has 4 heteroatoms. The molecule has 1 aromatic carbocycles. The van der Waals surface area contributed by atoms with Gasteiger partial charge in [0.2, 0.25) is 0 Å². The van der Waals surface area contributed by atoms with E-state index in [4.69, 9.17) is 0 Å². The van der Waals surface area contributed by atoms with Gasteiger partial charge in [-0.25, -0.2) is 4.39 Å². The van der Waals surface area contributed by atoms with Crippen molar-refractivity contribution < 1.29 is 14.6 Å². The van der Waals surface area contributed by atoms with E-state index in [1.54, 1.807) is 12.1 Å². The number of hydrogen-bond acceptors (Lipinski definition) is 3.